The first kappa shape index (κ1) is 17.5. The predicted molar refractivity (Wildman–Crippen MR) is 96.6 cm³/mol. The Morgan fingerprint density at radius 2 is 2.00 bits per heavy atom. The molecule has 27 heavy (non-hydrogen) atoms. The molecule has 4 rings (SSSR count). The standard InChI is InChI=1S/C18H18F2N6O/c1-8-9(2)25-26-15(8)18(27)22-11-5-10-6-13(23-17(10)21-7-11)12-3-4-14(19)24-16(12)20/h3-9,15,25-26H,1-2H3,(H,21,23)(H,22,27). The number of amides is 1. The van der Waals surface area contributed by atoms with Gasteiger partial charge in [0.15, 0.2) is 0 Å². The highest BCUT2D eigenvalue weighted by Gasteiger charge is 2.34. The molecule has 1 saturated heterocycles. The molecule has 7 nitrogen and oxygen atoms in total. The van der Waals surface area contributed by atoms with Crippen molar-refractivity contribution in [3.8, 4) is 11.3 Å². The third kappa shape index (κ3) is 3.26. The van der Waals surface area contributed by atoms with E-state index in [1.165, 1.54) is 12.3 Å². The molecule has 0 bridgehead atoms. The summed E-state index contributed by atoms with van der Waals surface area (Å²) in [5.41, 5.74) is 7.65. The van der Waals surface area contributed by atoms with E-state index in [1.54, 1.807) is 12.1 Å². The van der Waals surface area contributed by atoms with Gasteiger partial charge in [0, 0.05) is 11.4 Å². The van der Waals surface area contributed by atoms with E-state index < -0.39 is 11.9 Å². The van der Waals surface area contributed by atoms with E-state index in [2.05, 4.69) is 31.1 Å². The number of hydrogen-bond acceptors (Lipinski definition) is 5. The lowest BCUT2D eigenvalue weighted by Gasteiger charge is -2.15. The molecule has 4 heterocycles. The number of hydrazine groups is 1. The fourth-order valence-corrected chi connectivity index (χ4v) is 3.14. The van der Waals surface area contributed by atoms with E-state index in [0.717, 1.165) is 6.07 Å². The van der Waals surface area contributed by atoms with Crippen molar-refractivity contribution in [2.45, 2.75) is 25.9 Å². The van der Waals surface area contributed by atoms with Gasteiger partial charge in [-0.1, -0.05) is 6.92 Å². The van der Waals surface area contributed by atoms with Crippen LogP contribution in [0.1, 0.15) is 13.8 Å². The Labute approximate surface area is 153 Å². The number of carbonyl (C=O) groups excluding carboxylic acids is 1. The van der Waals surface area contributed by atoms with Crippen molar-refractivity contribution in [1.82, 2.24) is 25.8 Å². The van der Waals surface area contributed by atoms with Crippen LogP contribution in [-0.4, -0.2) is 32.9 Å². The highest BCUT2D eigenvalue weighted by atomic mass is 19.1. The number of pyridine rings is 2. The second-order valence-corrected chi connectivity index (χ2v) is 6.72. The van der Waals surface area contributed by atoms with Gasteiger partial charge in [0.25, 0.3) is 0 Å². The minimum Gasteiger partial charge on any atom is -0.339 e. The second-order valence-electron chi connectivity index (χ2n) is 6.72. The highest BCUT2D eigenvalue weighted by molar-refractivity contribution is 5.97. The molecule has 1 aliphatic rings. The van der Waals surface area contributed by atoms with Gasteiger partial charge in [-0.2, -0.15) is 13.8 Å². The number of aromatic amines is 1. The number of halogens is 2. The molecule has 4 N–H and O–H groups in total. The zero-order chi connectivity index (χ0) is 19.1. The molecule has 9 heteroatoms. The lowest BCUT2D eigenvalue weighted by molar-refractivity contribution is -0.118. The van der Waals surface area contributed by atoms with Gasteiger partial charge in [0.05, 0.1) is 23.1 Å². The van der Waals surface area contributed by atoms with Crippen LogP contribution in [0.15, 0.2) is 30.5 Å². The number of aromatic nitrogens is 3. The van der Waals surface area contributed by atoms with Gasteiger partial charge >= 0.3 is 0 Å². The summed E-state index contributed by atoms with van der Waals surface area (Å²) in [6, 6.07) is 5.66. The lowest BCUT2D eigenvalue weighted by Crippen LogP contribution is -2.41. The molecule has 0 aromatic carbocycles. The Morgan fingerprint density at radius 1 is 1.19 bits per heavy atom. The van der Waals surface area contributed by atoms with Gasteiger partial charge in [-0.3, -0.25) is 10.2 Å². The normalized spacial score (nSPS) is 22.3. The molecule has 3 unspecified atom stereocenters. The van der Waals surface area contributed by atoms with Gasteiger partial charge < -0.3 is 10.3 Å². The van der Waals surface area contributed by atoms with Crippen molar-refractivity contribution in [1.29, 1.82) is 0 Å². The summed E-state index contributed by atoms with van der Waals surface area (Å²) in [5, 5.41) is 3.53. The number of rotatable bonds is 3. The smallest absolute Gasteiger partial charge is 0.243 e. The molecular formula is C18H18F2N6O. The van der Waals surface area contributed by atoms with Gasteiger partial charge in [-0.25, -0.2) is 10.4 Å². The van der Waals surface area contributed by atoms with Crippen LogP contribution in [0.4, 0.5) is 14.5 Å². The first-order valence-corrected chi connectivity index (χ1v) is 8.55. The summed E-state index contributed by atoms with van der Waals surface area (Å²) in [5.74, 6) is -1.81. The summed E-state index contributed by atoms with van der Waals surface area (Å²) in [6.07, 6.45) is 1.52. The van der Waals surface area contributed by atoms with Crippen molar-refractivity contribution in [3.05, 3.63) is 42.4 Å². The number of fused-ring (bicyclic) bond motifs is 1. The minimum atomic E-state index is -0.905. The number of anilines is 1. The van der Waals surface area contributed by atoms with Crippen LogP contribution >= 0.6 is 0 Å². The number of hydrogen-bond donors (Lipinski definition) is 4. The zero-order valence-electron chi connectivity index (χ0n) is 14.7. The maximum absolute atomic E-state index is 13.9. The molecule has 1 amide bonds. The van der Waals surface area contributed by atoms with Crippen LogP contribution in [-0.2, 0) is 4.79 Å². The highest BCUT2D eigenvalue weighted by Crippen LogP contribution is 2.26. The van der Waals surface area contributed by atoms with Crippen molar-refractivity contribution in [3.63, 3.8) is 0 Å². The maximum Gasteiger partial charge on any atom is 0.243 e. The first-order chi connectivity index (χ1) is 12.9. The van der Waals surface area contributed by atoms with Crippen LogP contribution in [0, 0.1) is 17.8 Å². The van der Waals surface area contributed by atoms with E-state index in [-0.39, 0.29) is 29.5 Å². The van der Waals surface area contributed by atoms with Gasteiger partial charge in [-0.05, 0) is 37.1 Å². The van der Waals surface area contributed by atoms with E-state index in [4.69, 9.17) is 0 Å². The Hall–Kier alpha value is -2.91. The van der Waals surface area contributed by atoms with E-state index in [0.29, 0.717) is 22.4 Å². The molecule has 1 fully saturated rings. The Balaban J connectivity index is 1.58. The van der Waals surface area contributed by atoms with Crippen LogP contribution in [0.25, 0.3) is 22.3 Å². The van der Waals surface area contributed by atoms with Crippen molar-refractivity contribution < 1.29 is 13.6 Å². The largest absolute Gasteiger partial charge is 0.339 e. The lowest BCUT2D eigenvalue weighted by atomic mass is 9.97. The average Bonchev–Trinajstić information content (AvgIpc) is 3.18. The summed E-state index contributed by atoms with van der Waals surface area (Å²) < 4.78 is 26.9. The fraction of sp³-hybridized carbons (Fsp3) is 0.278. The topological polar surface area (TPSA) is 94.7 Å². The summed E-state index contributed by atoms with van der Waals surface area (Å²) in [7, 11) is 0. The summed E-state index contributed by atoms with van der Waals surface area (Å²) >= 11 is 0. The van der Waals surface area contributed by atoms with Gasteiger partial charge in [0.2, 0.25) is 17.8 Å². The quantitative estimate of drug-likeness (QED) is 0.530. The average molecular weight is 372 g/mol. The number of nitrogens with one attached hydrogen (secondary N) is 4. The van der Waals surface area contributed by atoms with Gasteiger partial charge in [-0.15, -0.1) is 0 Å². The van der Waals surface area contributed by atoms with Crippen molar-refractivity contribution in [2.24, 2.45) is 5.92 Å². The number of nitrogens with zero attached hydrogens (tertiary/aromatic N) is 2. The maximum atomic E-state index is 13.9. The number of carbonyl (C=O) groups is 1. The SMILES string of the molecule is CC1NNC(C(=O)Nc2cnc3[nH]c(-c4ccc(F)nc4F)cc3c2)C1C. The second kappa shape index (κ2) is 6.67. The molecule has 3 atom stereocenters. The molecule has 3 aromatic rings. The molecule has 3 aromatic heterocycles. The molecular weight excluding hydrogens is 354 g/mol. The first-order valence-electron chi connectivity index (χ1n) is 8.55. The monoisotopic (exact) mass is 372 g/mol. The molecule has 1 aliphatic heterocycles. The molecule has 0 aliphatic carbocycles. The molecule has 0 saturated carbocycles. The Bertz CT molecular complexity index is 1020. The van der Waals surface area contributed by atoms with Crippen LogP contribution < -0.4 is 16.2 Å². The molecule has 140 valence electrons. The fourth-order valence-electron chi connectivity index (χ4n) is 3.14. The van der Waals surface area contributed by atoms with Crippen LogP contribution in [0.5, 0.6) is 0 Å². The summed E-state index contributed by atoms with van der Waals surface area (Å²) in [4.78, 5) is 22.9. The zero-order valence-corrected chi connectivity index (χ0v) is 14.7. The predicted octanol–water partition coefficient (Wildman–Crippen LogP) is 2.34. The number of H-pyrrole nitrogens is 1. The van der Waals surface area contributed by atoms with Crippen molar-refractivity contribution >= 4 is 22.6 Å². The van der Waals surface area contributed by atoms with Crippen molar-refractivity contribution in [2.75, 3.05) is 5.32 Å². The Morgan fingerprint density at radius 3 is 2.70 bits per heavy atom. The van der Waals surface area contributed by atoms with Crippen LogP contribution in [0.3, 0.4) is 0 Å². The summed E-state index contributed by atoms with van der Waals surface area (Å²) in [6.45, 7) is 4.00. The Kier molecular flexibility index (Phi) is 4.33. The van der Waals surface area contributed by atoms with Crippen LogP contribution in [0.2, 0.25) is 0 Å². The van der Waals surface area contributed by atoms with E-state index >= 15 is 0 Å². The minimum absolute atomic E-state index is 0.134. The van der Waals surface area contributed by atoms with E-state index in [9.17, 15) is 13.6 Å². The molecule has 0 radical (unpaired) electrons. The van der Waals surface area contributed by atoms with E-state index in [1.807, 2.05) is 13.8 Å². The van der Waals surface area contributed by atoms with Gasteiger partial charge in [0.1, 0.15) is 11.7 Å². The molecule has 0 spiro atoms. The third-order valence-electron chi connectivity index (χ3n) is 4.91. The third-order valence-corrected chi connectivity index (χ3v) is 4.91.